The van der Waals surface area contributed by atoms with Crippen LogP contribution in [-0.2, 0) is 12.2 Å². The van der Waals surface area contributed by atoms with Crippen LogP contribution in [0.25, 0.3) is 0 Å². The lowest BCUT2D eigenvalue weighted by Gasteiger charge is -2.04. The molecule has 0 bridgehead atoms. The van der Waals surface area contributed by atoms with Gasteiger partial charge in [-0.1, -0.05) is 36.0 Å². The maximum atomic E-state index is 13.0. The Morgan fingerprint density at radius 1 is 1.07 bits per heavy atom. The summed E-state index contributed by atoms with van der Waals surface area (Å²) in [5, 5.41) is 10.7. The molecule has 4 rings (SSSR count). The Labute approximate surface area is 174 Å². The highest BCUT2D eigenvalue weighted by atomic mass is 32.2. The van der Waals surface area contributed by atoms with E-state index < -0.39 is 0 Å². The lowest BCUT2D eigenvalue weighted by molar-refractivity contribution is 0.102. The molecule has 9 heteroatoms. The van der Waals surface area contributed by atoms with Crippen molar-refractivity contribution in [3.8, 4) is 0 Å². The molecular weight excluding hydrogens is 409 g/mol. The Bertz CT molecular complexity index is 1080. The van der Waals surface area contributed by atoms with Crippen molar-refractivity contribution in [3.05, 3.63) is 88.4 Å². The Balaban J connectivity index is 1.33. The van der Waals surface area contributed by atoms with E-state index in [-0.39, 0.29) is 11.7 Å². The van der Waals surface area contributed by atoms with E-state index in [2.05, 4.69) is 25.5 Å². The van der Waals surface area contributed by atoms with Crippen LogP contribution in [0.2, 0.25) is 0 Å². The molecule has 2 N–H and O–H groups in total. The van der Waals surface area contributed by atoms with Gasteiger partial charge in [-0.25, -0.2) is 14.4 Å². The first-order valence-corrected chi connectivity index (χ1v) is 10.5. The number of hydrogen-bond donors (Lipinski definition) is 2. The van der Waals surface area contributed by atoms with Crippen molar-refractivity contribution in [1.29, 1.82) is 0 Å². The van der Waals surface area contributed by atoms with Crippen LogP contribution in [0.1, 0.15) is 26.4 Å². The molecule has 29 heavy (non-hydrogen) atoms. The molecular formula is C20H16FN5OS2. The van der Waals surface area contributed by atoms with Gasteiger partial charge in [0, 0.05) is 28.8 Å². The first kappa shape index (κ1) is 19.3. The average molecular weight is 426 g/mol. The van der Waals surface area contributed by atoms with Gasteiger partial charge >= 0.3 is 0 Å². The van der Waals surface area contributed by atoms with Gasteiger partial charge in [0.1, 0.15) is 12.1 Å². The summed E-state index contributed by atoms with van der Waals surface area (Å²) in [6, 6.07) is 13.8. The van der Waals surface area contributed by atoms with Gasteiger partial charge in [-0.05, 0) is 35.4 Å². The number of halogens is 1. The second-order valence-corrected chi connectivity index (χ2v) is 8.24. The third-order valence-electron chi connectivity index (χ3n) is 4.05. The number of carbonyl (C=O) groups is 1. The van der Waals surface area contributed by atoms with Crippen molar-refractivity contribution >= 4 is 34.1 Å². The minimum atomic E-state index is -0.256. The summed E-state index contributed by atoms with van der Waals surface area (Å²) < 4.78 is 13.0. The first-order chi connectivity index (χ1) is 14.2. The Kier molecular flexibility index (Phi) is 5.97. The fourth-order valence-corrected chi connectivity index (χ4v) is 4.16. The van der Waals surface area contributed by atoms with Gasteiger partial charge in [-0.2, -0.15) is 5.10 Å². The molecule has 0 aliphatic heterocycles. The summed E-state index contributed by atoms with van der Waals surface area (Å²) in [5.41, 5.74) is 2.64. The molecule has 0 radical (unpaired) electrons. The second-order valence-electron chi connectivity index (χ2n) is 6.17. The molecule has 0 aliphatic rings. The van der Waals surface area contributed by atoms with E-state index in [1.807, 2.05) is 12.1 Å². The molecule has 0 saturated carbocycles. The highest BCUT2D eigenvalue weighted by Crippen LogP contribution is 2.23. The molecule has 0 fully saturated rings. The average Bonchev–Trinajstić information content (AvgIpc) is 3.41. The van der Waals surface area contributed by atoms with E-state index in [1.165, 1.54) is 29.8 Å². The molecule has 2 heterocycles. The summed E-state index contributed by atoms with van der Waals surface area (Å²) in [5.74, 6) is 0.270. The monoisotopic (exact) mass is 425 g/mol. The smallest absolute Gasteiger partial charge is 0.257 e. The molecule has 0 unspecified atom stereocenters. The van der Waals surface area contributed by atoms with Crippen LogP contribution in [-0.4, -0.2) is 26.1 Å². The van der Waals surface area contributed by atoms with Crippen molar-refractivity contribution in [3.63, 3.8) is 0 Å². The minimum Gasteiger partial charge on any atom is -0.298 e. The number of hydrogen-bond acceptors (Lipinski definition) is 6. The summed E-state index contributed by atoms with van der Waals surface area (Å²) in [6.07, 6.45) is 3.85. The minimum absolute atomic E-state index is 0.206. The van der Waals surface area contributed by atoms with E-state index in [0.29, 0.717) is 17.1 Å². The SMILES string of the molecule is O=C(Nc1ncc(Cc2ccc(F)cc2)s1)c1ccc(CSc2ncn[nH]2)cc1. The topological polar surface area (TPSA) is 83.6 Å². The molecule has 0 saturated heterocycles. The molecule has 2 aromatic carbocycles. The quantitative estimate of drug-likeness (QED) is 0.425. The van der Waals surface area contributed by atoms with Crippen molar-refractivity contribution < 1.29 is 9.18 Å². The molecule has 0 aliphatic carbocycles. The Hall–Kier alpha value is -3.04. The Morgan fingerprint density at radius 3 is 2.55 bits per heavy atom. The normalized spacial score (nSPS) is 10.8. The molecule has 6 nitrogen and oxygen atoms in total. The number of benzene rings is 2. The first-order valence-electron chi connectivity index (χ1n) is 8.73. The standard InChI is InChI=1S/C20H16FN5OS2/c21-16-7-3-13(4-8-16)9-17-10-22-19(29-17)25-18(27)15-5-1-14(2-6-15)11-28-20-23-12-24-26-20/h1-8,10,12H,9,11H2,(H,22,25,27)(H,23,24,26). The zero-order valence-electron chi connectivity index (χ0n) is 15.1. The van der Waals surface area contributed by atoms with Crippen LogP contribution < -0.4 is 5.32 Å². The molecule has 4 aromatic rings. The van der Waals surface area contributed by atoms with Crippen LogP contribution >= 0.6 is 23.1 Å². The lowest BCUT2D eigenvalue weighted by atomic mass is 10.1. The summed E-state index contributed by atoms with van der Waals surface area (Å²) in [4.78, 5) is 21.8. The predicted octanol–water partition coefficient (Wildman–Crippen LogP) is 4.54. The van der Waals surface area contributed by atoms with Gasteiger partial charge in [0.2, 0.25) is 0 Å². The maximum Gasteiger partial charge on any atom is 0.257 e. The van der Waals surface area contributed by atoms with Crippen molar-refractivity contribution in [2.75, 3.05) is 5.32 Å². The highest BCUT2D eigenvalue weighted by Gasteiger charge is 2.10. The second kappa shape index (κ2) is 8.97. The predicted molar refractivity (Wildman–Crippen MR) is 112 cm³/mol. The maximum absolute atomic E-state index is 13.0. The summed E-state index contributed by atoms with van der Waals surface area (Å²) >= 11 is 2.95. The summed E-state index contributed by atoms with van der Waals surface area (Å²) in [6.45, 7) is 0. The van der Waals surface area contributed by atoms with E-state index >= 15 is 0 Å². The van der Waals surface area contributed by atoms with E-state index in [1.54, 1.807) is 42.2 Å². The molecule has 0 atom stereocenters. The number of nitrogens with zero attached hydrogens (tertiary/aromatic N) is 3. The molecule has 2 aromatic heterocycles. The van der Waals surface area contributed by atoms with Gasteiger partial charge in [0.05, 0.1) is 0 Å². The van der Waals surface area contributed by atoms with Crippen molar-refractivity contribution in [2.24, 2.45) is 0 Å². The number of aromatic nitrogens is 4. The number of amides is 1. The fraction of sp³-hybridized carbons (Fsp3) is 0.100. The van der Waals surface area contributed by atoms with Crippen LogP contribution in [0, 0.1) is 5.82 Å². The molecule has 0 spiro atoms. The number of carbonyl (C=O) groups excluding carboxylic acids is 1. The lowest BCUT2D eigenvalue weighted by Crippen LogP contribution is -2.11. The number of aromatic amines is 1. The Morgan fingerprint density at radius 2 is 1.83 bits per heavy atom. The van der Waals surface area contributed by atoms with E-state index in [0.717, 1.165) is 26.9 Å². The largest absolute Gasteiger partial charge is 0.298 e. The van der Waals surface area contributed by atoms with E-state index in [9.17, 15) is 9.18 Å². The van der Waals surface area contributed by atoms with Gasteiger partial charge in [-0.3, -0.25) is 15.2 Å². The number of thioether (sulfide) groups is 1. The summed E-state index contributed by atoms with van der Waals surface area (Å²) in [7, 11) is 0. The molecule has 1 amide bonds. The third-order valence-corrected chi connectivity index (χ3v) is 5.91. The van der Waals surface area contributed by atoms with Crippen LogP contribution in [0.15, 0.2) is 66.2 Å². The fourth-order valence-electron chi connectivity index (χ4n) is 2.59. The third kappa shape index (κ3) is 5.27. The number of thiazole rings is 1. The van der Waals surface area contributed by atoms with Gasteiger partial charge in [0.25, 0.3) is 5.91 Å². The zero-order chi connectivity index (χ0) is 20.1. The van der Waals surface area contributed by atoms with Crippen molar-refractivity contribution in [1.82, 2.24) is 20.2 Å². The van der Waals surface area contributed by atoms with Crippen LogP contribution in [0.5, 0.6) is 0 Å². The van der Waals surface area contributed by atoms with Gasteiger partial charge < -0.3 is 0 Å². The van der Waals surface area contributed by atoms with E-state index in [4.69, 9.17) is 0 Å². The highest BCUT2D eigenvalue weighted by molar-refractivity contribution is 7.98. The number of nitrogens with one attached hydrogen (secondary N) is 2. The van der Waals surface area contributed by atoms with Gasteiger partial charge in [0.15, 0.2) is 10.3 Å². The van der Waals surface area contributed by atoms with Crippen LogP contribution in [0.4, 0.5) is 9.52 Å². The van der Waals surface area contributed by atoms with Crippen LogP contribution in [0.3, 0.4) is 0 Å². The zero-order valence-corrected chi connectivity index (χ0v) is 16.8. The van der Waals surface area contributed by atoms with Gasteiger partial charge in [-0.15, -0.1) is 11.3 Å². The molecule has 146 valence electrons. The number of anilines is 1. The number of rotatable bonds is 7. The van der Waals surface area contributed by atoms with Crippen molar-refractivity contribution in [2.45, 2.75) is 17.3 Å². The number of H-pyrrole nitrogens is 1.